The van der Waals surface area contributed by atoms with Crippen molar-refractivity contribution in [3.05, 3.63) is 29.8 Å². The monoisotopic (exact) mass is 262 g/mol. The van der Waals surface area contributed by atoms with Crippen molar-refractivity contribution in [1.82, 2.24) is 10.2 Å². The molecule has 1 aromatic rings. The van der Waals surface area contributed by atoms with E-state index in [1.54, 1.807) is 12.0 Å². The first-order valence-corrected chi connectivity index (χ1v) is 6.37. The normalized spacial score (nSPS) is 15.6. The lowest BCUT2D eigenvalue weighted by Crippen LogP contribution is -2.38. The molecule has 5 nitrogen and oxygen atoms in total. The smallest absolute Gasteiger partial charge is 0.239 e. The lowest BCUT2D eigenvalue weighted by Gasteiger charge is -2.19. The first kappa shape index (κ1) is 13.4. The second-order valence-corrected chi connectivity index (χ2v) is 4.51. The van der Waals surface area contributed by atoms with Gasteiger partial charge in [0.2, 0.25) is 11.8 Å². The van der Waals surface area contributed by atoms with Crippen LogP contribution in [0, 0.1) is 0 Å². The molecule has 1 heterocycles. The second kappa shape index (κ2) is 6.22. The van der Waals surface area contributed by atoms with E-state index in [2.05, 4.69) is 5.32 Å². The van der Waals surface area contributed by atoms with Crippen molar-refractivity contribution in [2.24, 2.45) is 0 Å². The molecular weight excluding hydrogens is 244 g/mol. The Kier molecular flexibility index (Phi) is 4.39. The number of carbonyl (C=O) groups is 2. The maximum atomic E-state index is 12.2. The highest BCUT2D eigenvalue weighted by Crippen LogP contribution is 2.18. The van der Waals surface area contributed by atoms with Crippen molar-refractivity contribution in [3.8, 4) is 5.75 Å². The molecule has 0 saturated carbocycles. The van der Waals surface area contributed by atoms with Crippen LogP contribution in [0.15, 0.2) is 24.3 Å². The first-order valence-electron chi connectivity index (χ1n) is 6.37. The average Bonchev–Trinajstić information content (AvgIpc) is 2.64. The van der Waals surface area contributed by atoms with Crippen molar-refractivity contribution in [2.75, 3.05) is 26.7 Å². The third-order valence-corrected chi connectivity index (χ3v) is 3.15. The highest BCUT2D eigenvalue weighted by atomic mass is 16.5. The predicted octanol–water partition coefficient (Wildman–Crippen LogP) is 0.586. The molecule has 0 aliphatic carbocycles. The largest absolute Gasteiger partial charge is 0.496 e. The van der Waals surface area contributed by atoms with Gasteiger partial charge in [-0.05, 0) is 12.5 Å². The molecule has 1 aliphatic heterocycles. The Morgan fingerprint density at radius 1 is 1.42 bits per heavy atom. The molecule has 102 valence electrons. The molecule has 19 heavy (non-hydrogen) atoms. The van der Waals surface area contributed by atoms with E-state index in [9.17, 15) is 9.59 Å². The predicted molar refractivity (Wildman–Crippen MR) is 70.9 cm³/mol. The van der Waals surface area contributed by atoms with Crippen LogP contribution in [0.5, 0.6) is 5.75 Å². The van der Waals surface area contributed by atoms with Gasteiger partial charge in [0.15, 0.2) is 0 Å². The van der Waals surface area contributed by atoms with E-state index in [-0.39, 0.29) is 24.8 Å². The summed E-state index contributed by atoms with van der Waals surface area (Å²) in [4.78, 5) is 25.3. The number of nitrogens with zero attached hydrogens (tertiary/aromatic N) is 1. The van der Waals surface area contributed by atoms with E-state index in [1.165, 1.54) is 0 Å². The average molecular weight is 262 g/mol. The Morgan fingerprint density at radius 2 is 2.21 bits per heavy atom. The highest BCUT2D eigenvalue weighted by Gasteiger charge is 2.20. The number of methoxy groups -OCH3 is 1. The summed E-state index contributed by atoms with van der Waals surface area (Å²) in [7, 11) is 1.59. The molecule has 1 saturated heterocycles. The number of hydrogen-bond acceptors (Lipinski definition) is 3. The molecule has 1 aromatic carbocycles. The molecule has 0 spiro atoms. The van der Waals surface area contributed by atoms with Gasteiger partial charge in [-0.25, -0.2) is 0 Å². The van der Waals surface area contributed by atoms with Crippen LogP contribution in [0.3, 0.4) is 0 Å². The van der Waals surface area contributed by atoms with Crippen molar-refractivity contribution >= 4 is 11.8 Å². The molecule has 2 amide bonds. The van der Waals surface area contributed by atoms with Gasteiger partial charge in [0, 0.05) is 18.7 Å². The molecule has 1 fully saturated rings. The van der Waals surface area contributed by atoms with Crippen LogP contribution in [-0.4, -0.2) is 43.5 Å². The van der Waals surface area contributed by atoms with Crippen molar-refractivity contribution in [3.63, 3.8) is 0 Å². The number of hydrogen-bond donors (Lipinski definition) is 1. The zero-order chi connectivity index (χ0) is 13.7. The standard InChI is InChI=1S/C14H18N2O3/c1-19-12-6-3-2-5-11(12)9-14(18)16-8-4-7-15-13(17)10-16/h2-3,5-6H,4,7-10H2,1H3,(H,15,17). The third-order valence-electron chi connectivity index (χ3n) is 3.15. The molecule has 0 radical (unpaired) electrons. The number of para-hydroxylation sites is 1. The molecular formula is C14H18N2O3. The van der Waals surface area contributed by atoms with Crippen molar-refractivity contribution < 1.29 is 14.3 Å². The quantitative estimate of drug-likeness (QED) is 0.867. The van der Waals surface area contributed by atoms with Gasteiger partial charge in [0.25, 0.3) is 0 Å². The number of benzene rings is 1. The number of nitrogens with one attached hydrogen (secondary N) is 1. The summed E-state index contributed by atoms with van der Waals surface area (Å²) in [5.41, 5.74) is 0.847. The summed E-state index contributed by atoms with van der Waals surface area (Å²) >= 11 is 0. The Bertz CT molecular complexity index is 474. The van der Waals surface area contributed by atoms with Gasteiger partial charge in [-0.15, -0.1) is 0 Å². The fourth-order valence-corrected chi connectivity index (χ4v) is 2.14. The highest BCUT2D eigenvalue weighted by molar-refractivity contribution is 5.86. The topological polar surface area (TPSA) is 58.6 Å². The van der Waals surface area contributed by atoms with Crippen LogP contribution < -0.4 is 10.1 Å². The SMILES string of the molecule is COc1ccccc1CC(=O)N1CCCNC(=O)C1. The lowest BCUT2D eigenvalue weighted by atomic mass is 10.1. The van der Waals surface area contributed by atoms with Gasteiger partial charge in [0.1, 0.15) is 5.75 Å². The van der Waals surface area contributed by atoms with Crippen LogP contribution in [0.1, 0.15) is 12.0 Å². The maximum Gasteiger partial charge on any atom is 0.239 e. The summed E-state index contributed by atoms with van der Waals surface area (Å²) in [6, 6.07) is 7.44. The maximum absolute atomic E-state index is 12.2. The van der Waals surface area contributed by atoms with Crippen LogP contribution >= 0.6 is 0 Å². The molecule has 0 bridgehead atoms. The summed E-state index contributed by atoms with van der Waals surface area (Å²) < 4.78 is 5.23. The molecule has 0 aromatic heterocycles. The van der Waals surface area contributed by atoms with Gasteiger partial charge in [-0.2, -0.15) is 0 Å². The Labute approximate surface area is 112 Å². The molecule has 0 unspecified atom stereocenters. The molecule has 5 heteroatoms. The van der Waals surface area contributed by atoms with E-state index in [0.29, 0.717) is 18.8 Å². The van der Waals surface area contributed by atoms with E-state index < -0.39 is 0 Å². The molecule has 1 aliphatic rings. The molecule has 2 rings (SSSR count). The van der Waals surface area contributed by atoms with Gasteiger partial charge in [-0.1, -0.05) is 18.2 Å². The van der Waals surface area contributed by atoms with E-state index in [4.69, 9.17) is 4.74 Å². The summed E-state index contributed by atoms with van der Waals surface area (Å²) in [5.74, 6) is 0.572. The molecule has 0 atom stereocenters. The first-order chi connectivity index (χ1) is 9.20. The van der Waals surface area contributed by atoms with Gasteiger partial charge >= 0.3 is 0 Å². The van der Waals surface area contributed by atoms with Gasteiger partial charge in [0.05, 0.1) is 20.1 Å². The summed E-state index contributed by atoms with van der Waals surface area (Å²) in [6.07, 6.45) is 1.06. The van der Waals surface area contributed by atoms with E-state index in [0.717, 1.165) is 12.0 Å². The zero-order valence-corrected chi connectivity index (χ0v) is 11.0. The summed E-state index contributed by atoms with van der Waals surface area (Å²) in [5, 5.41) is 2.76. The van der Waals surface area contributed by atoms with Crippen LogP contribution in [0.2, 0.25) is 0 Å². The van der Waals surface area contributed by atoms with E-state index in [1.807, 2.05) is 24.3 Å². The van der Waals surface area contributed by atoms with E-state index >= 15 is 0 Å². The Balaban J connectivity index is 2.05. The minimum Gasteiger partial charge on any atom is -0.496 e. The zero-order valence-electron chi connectivity index (χ0n) is 11.0. The third kappa shape index (κ3) is 3.47. The number of carbonyl (C=O) groups excluding carboxylic acids is 2. The molecule has 1 N–H and O–H groups in total. The number of ether oxygens (including phenoxy) is 1. The van der Waals surface area contributed by atoms with Crippen molar-refractivity contribution in [2.45, 2.75) is 12.8 Å². The fraction of sp³-hybridized carbons (Fsp3) is 0.429. The minimum atomic E-state index is -0.0918. The van der Waals surface area contributed by atoms with Crippen LogP contribution in [0.4, 0.5) is 0 Å². The second-order valence-electron chi connectivity index (χ2n) is 4.51. The fourth-order valence-electron chi connectivity index (χ4n) is 2.14. The lowest BCUT2D eigenvalue weighted by molar-refractivity contribution is -0.134. The van der Waals surface area contributed by atoms with Crippen LogP contribution in [0.25, 0.3) is 0 Å². The van der Waals surface area contributed by atoms with Crippen molar-refractivity contribution in [1.29, 1.82) is 0 Å². The number of rotatable bonds is 3. The Morgan fingerprint density at radius 3 is 3.00 bits per heavy atom. The van der Waals surface area contributed by atoms with Gasteiger partial charge in [-0.3, -0.25) is 9.59 Å². The number of amides is 2. The minimum absolute atomic E-state index is 0.0402. The van der Waals surface area contributed by atoms with Gasteiger partial charge < -0.3 is 15.0 Å². The van der Waals surface area contributed by atoms with Crippen LogP contribution in [-0.2, 0) is 16.0 Å². The Hall–Kier alpha value is -2.04. The summed E-state index contributed by atoms with van der Waals surface area (Å²) in [6.45, 7) is 1.40.